The molecule has 2 aromatic carbocycles. The number of halogens is 1. The van der Waals surface area contributed by atoms with Crippen LogP contribution in [-0.2, 0) is 10.0 Å². The van der Waals surface area contributed by atoms with Crippen molar-refractivity contribution in [1.82, 2.24) is 9.29 Å². The number of anilines is 1. The van der Waals surface area contributed by atoms with Gasteiger partial charge in [-0.1, -0.05) is 18.3 Å². The molecule has 1 N–H and O–H groups in total. The SMILES string of the molecule is C[C@H]1CCCN(S(=O)(=O)c2ccc(C(=O)Nc3nc4ccc(F)cc4s3)cc2)C1. The van der Waals surface area contributed by atoms with Crippen LogP contribution in [0.15, 0.2) is 47.4 Å². The number of piperidine rings is 1. The third-order valence-corrected chi connectivity index (χ3v) is 7.76. The molecule has 0 bridgehead atoms. The molecule has 29 heavy (non-hydrogen) atoms. The number of rotatable bonds is 4. The van der Waals surface area contributed by atoms with Crippen LogP contribution in [0.5, 0.6) is 0 Å². The van der Waals surface area contributed by atoms with Crippen LogP contribution in [0.1, 0.15) is 30.1 Å². The minimum Gasteiger partial charge on any atom is -0.298 e. The first kappa shape index (κ1) is 19.9. The monoisotopic (exact) mass is 433 g/mol. The first-order valence-electron chi connectivity index (χ1n) is 9.30. The first-order valence-corrected chi connectivity index (χ1v) is 11.6. The van der Waals surface area contributed by atoms with Crippen LogP contribution in [0.3, 0.4) is 0 Å². The summed E-state index contributed by atoms with van der Waals surface area (Å²) < 4.78 is 41.1. The van der Waals surface area contributed by atoms with Crippen molar-refractivity contribution in [3.63, 3.8) is 0 Å². The molecule has 1 amide bonds. The molecule has 152 valence electrons. The van der Waals surface area contributed by atoms with E-state index >= 15 is 0 Å². The fourth-order valence-corrected chi connectivity index (χ4v) is 5.90. The van der Waals surface area contributed by atoms with Crippen LogP contribution >= 0.6 is 11.3 Å². The van der Waals surface area contributed by atoms with Gasteiger partial charge in [-0.25, -0.2) is 17.8 Å². The van der Waals surface area contributed by atoms with E-state index in [1.807, 2.05) is 6.92 Å². The van der Waals surface area contributed by atoms with E-state index in [2.05, 4.69) is 10.3 Å². The zero-order chi connectivity index (χ0) is 20.6. The van der Waals surface area contributed by atoms with Crippen molar-refractivity contribution in [2.24, 2.45) is 5.92 Å². The quantitative estimate of drug-likeness (QED) is 0.672. The summed E-state index contributed by atoms with van der Waals surface area (Å²) in [5.41, 5.74) is 0.922. The second kappa shape index (κ2) is 7.81. The van der Waals surface area contributed by atoms with Crippen molar-refractivity contribution < 1.29 is 17.6 Å². The van der Waals surface area contributed by atoms with Crippen molar-refractivity contribution in [3.8, 4) is 0 Å². The molecular formula is C20H20FN3O3S2. The van der Waals surface area contributed by atoms with E-state index in [0.29, 0.717) is 39.9 Å². The zero-order valence-corrected chi connectivity index (χ0v) is 17.4. The number of sulfonamides is 1. The standard InChI is InChI=1S/C20H20FN3O3S2/c1-13-3-2-10-24(12-13)29(26,27)16-7-4-14(5-8-16)19(25)23-20-22-17-9-6-15(21)11-18(17)28-20/h4-9,11,13H,2-3,10,12H2,1H3,(H,22,23,25)/t13-/m0/s1. The number of amides is 1. The number of benzene rings is 2. The molecule has 1 atom stereocenters. The number of nitrogens with one attached hydrogen (secondary N) is 1. The van der Waals surface area contributed by atoms with Crippen LogP contribution < -0.4 is 5.32 Å². The average molecular weight is 434 g/mol. The Kier molecular flexibility index (Phi) is 5.37. The molecule has 1 aliphatic heterocycles. The highest BCUT2D eigenvalue weighted by molar-refractivity contribution is 7.89. The molecular weight excluding hydrogens is 413 g/mol. The number of hydrogen-bond acceptors (Lipinski definition) is 5. The van der Waals surface area contributed by atoms with Gasteiger partial charge in [0.2, 0.25) is 10.0 Å². The summed E-state index contributed by atoms with van der Waals surface area (Å²) in [5.74, 6) is -0.426. The summed E-state index contributed by atoms with van der Waals surface area (Å²) in [5, 5.41) is 3.04. The van der Waals surface area contributed by atoms with E-state index in [4.69, 9.17) is 0 Å². The molecule has 0 unspecified atom stereocenters. The van der Waals surface area contributed by atoms with Gasteiger partial charge in [0.15, 0.2) is 5.13 Å². The summed E-state index contributed by atoms with van der Waals surface area (Å²) in [6.07, 6.45) is 1.89. The summed E-state index contributed by atoms with van der Waals surface area (Å²) >= 11 is 1.18. The van der Waals surface area contributed by atoms with E-state index in [1.165, 1.54) is 52.0 Å². The highest BCUT2D eigenvalue weighted by Gasteiger charge is 2.28. The number of carbonyl (C=O) groups excluding carboxylic acids is 1. The van der Waals surface area contributed by atoms with E-state index < -0.39 is 15.9 Å². The minimum absolute atomic E-state index is 0.179. The number of aromatic nitrogens is 1. The van der Waals surface area contributed by atoms with Gasteiger partial charge in [0, 0.05) is 18.7 Å². The fourth-order valence-electron chi connectivity index (χ4n) is 3.41. The molecule has 0 spiro atoms. The number of nitrogens with zero attached hydrogens (tertiary/aromatic N) is 2. The van der Waals surface area contributed by atoms with Crippen LogP contribution in [0, 0.1) is 11.7 Å². The van der Waals surface area contributed by atoms with Crippen molar-refractivity contribution in [2.75, 3.05) is 18.4 Å². The second-order valence-corrected chi connectivity index (χ2v) is 10.2. The number of thiazole rings is 1. The van der Waals surface area contributed by atoms with Gasteiger partial charge in [-0.3, -0.25) is 10.1 Å². The van der Waals surface area contributed by atoms with E-state index in [-0.39, 0.29) is 10.7 Å². The molecule has 3 aromatic rings. The van der Waals surface area contributed by atoms with E-state index in [0.717, 1.165) is 12.8 Å². The topological polar surface area (TPSA) is 79.4 Å². The largest absolute Gasteiger partial charge is 0.298 e. The second-order valence-electron chi connectivity index (χ2n) is 7.22. The van der Waals surface area contributed by atoms with Gasteiger partial charge in [-0.05, 0) is 61.2 Å². The van der Waals surface area contributed by atoms with Gasteiger partial charge in [0.05, 0.1) is 15.1 Å². The van der Waals surface area contributed by atoms with E-state index in [9.17, 15) is 17.6 Å². The Morgan fingerprint density at radius 1 is 1.24 bits per heavy atom. The smallest absolute Gasteiger partial charge is 0.257 e. The molecule has 1 aliphatic rings. The van der Waals surface area contributed by atoms with Gasteiger partial charge < -0.3 is 0 Å². The lowest BCUT2D eigenvalue weighted by Crippen LogP contribution is -2.39. The third kappa shape index (κ3) is 4.17. The Hall–Kier alpha value is -2.36. The normalized spacial score (nSPS) is 18.1. The maximum absolute atomic E-state index is 13.3. The van der Waals surface area contributed by atoms with Crippen LogP contribution in [0.2, 0.25) is 0 Å². The molecule has 0 aliphatic carbocycles. The van der Waals surface area contributed by atoms with Crippen molar-refractivity contribution in [1.29, 1.82) is 0 Å². The number of fused-ring (bicyclic) bond motifs is 1. The average Bonchev–Trinajstić information content (AvgIpc) is 3.09. The molecule has 0 saturated carbocycles. The molecule has 1 fully saturated rings. The predicted octanol–water partition coefficient (Wildman–Crippen LogP) is 4.11. The Labute approximate surface area is 172 Å². The van der Waals surface area contributed by atoms with Crippen LogP contribution in [0.25, 0.3) is 10.2 Å². The minimum atomic E-state index is -3.56. The van der Waals surface area contributed by atoms with Gasteiger partial charge in [-0.15, -0.1) is 0 Å². The molecule has 0 radical (unpaired) electrons. The Balaban J connectivity index is 1.50. The third-order valence-electron chi connectivity index (χ3n) is 4.94. The molecule has 1 aromatic heterocycles. The number of carbonyl (C=O) groups is 1. The van der Waals surface area contributed by atoms with Crippen LogP contribution in [-0.4, -0.2) is 36.7 Å². The predicted molar refractivity (Wildman–Crippen MR) is 111 cm³/mol. The highest BCUT2D eigenvalue weighted by Crippen LogP contribution is 2.27. The number of hydrogen-bond donors (Lipinski definition) is 1. The lowest BCUT2D eigenvalue weighted by Gasteiger charge is -2.30. The summed E-state index contributed by atoms with van der Waals surface area (Å²) in [4.78, 5) is 16.9. The van der Waals surface area contributed by atoms with Gasteiger partial charge in [0.25, 0.3) is 5.91 Å². The molecule has 9 heteroatoms. The lowest BCUT2D eigenvalue weighted by molar-refractivity contribution is 0.102. The van der Waals surface area contributed by atoms with Gasteiger partial charge >= 0.3 is 0 Å². The van der Waals surface area contributed by atoms with E-state index in [1.54, 1.807) is 6.07 Å². The first-order chi connectivity index (χ1) is 13.8. The van der Waals surface area contributed by atoms with Gasteiger partial charge in [-0.2, -0.15) is 4.31 Å². The molecule has 6 nitrogen and oxygen atoms in total. The Morgan fingerprint density at radius 2 is 2.00 bits per heavy atom. The van der Waals surface area contributed by atoms with Crippen molar-refractivity contribution in [3.05, 3.63) is 53.8 Å². The summed E-state index contributed by atoms with van der Waals surface area (Å²) in [7, 11) is -3.56. The zero-order valence-electron chi connectivity index (χ0n) is 15.8. The highest BCUT2D eigenvalue weighted by atomic mass is 32.2. The van der Waals surface area contributed by atoms with Gasteiger partial charge in [0.1, 0.15) is 5.82 Å². The molecule has 4 rings (SSSR count). The molecule has 2 heterocycles. The fraction of sp³-hybridized carbons (Fsp3) is 0.300. The maximum atomic E-state index is 13.3. The summed E-state index contributed by atoms with van der Waals surface area (Å²) in [6.45, 7) is 3.08. The van der Waals surface area contributed by atoms with Crippen LogP contribution in [0.4, 0.5) is 9.52 Å². The Bertz CT molecular complexity index is 1160. The van der Waals surface area contributed by atoms with Crippen molar-refractivity contribution >= 4 is 42.6 Å². The summed E-state index contributed by atoms with van der Waals surface area (Å²) in [6, 6.07) is 10.1. The maximum Gasteiger partial charge on any atom is 0.257 e. The lowest BCUT2D eigenvalue weighted by atomic mass is 10.0. The molecule has 1 saturated heterocycles. The van der Waals surface area contributed by atoms with Crippen molar-refractivity contribution in [2.45, 2.75) is 24.7 Å². The Morgan fingerprint density at radius 3 is 2.72 bits per heavy atom.